The molecule has 0 aliphatic rings. The molecule has 2 heterocycles. The Morgan fingerprint density at radius 1 is 1.38 bits per heavy atom. The van der Waals surface area contributed by atoms with Crippen LogP contribution in [0.3, 0.4) is 0 Å². The van der Waals surface area contributed by atoms with Crippen molar-refractivity contribution in [2.75, 3.05) is 5.73 Å². The van der Waals surface area contributed by atoms with E-state index in [1.54, 1.807) is 0 Å². The molecule has 0 spiro atoms. The number of rotatable bonds is 5. The van der Waals surface area contributed by atoms with E-state index < -0.39 is 0 Å². The molecule has 0 aromatic carbocycles. The fourth-order valence-electron chi connectivity index (χ4n) is 1.39. The van der Waals surface area contributed by atoms with Crippen molar-refractivity contribution in [3.8, 4) is 0 Å². The summed E-state index contributed by atoms with van der Waals surface area (Å²) in [6, 6.07) is 0. The molecule has 0 aliphatic heterocycles. The summed E-state index contributed by atoms with van der Waals surface area (Å²) in [5.41, 5.74) is 6.59. The van der Waals surface area contributed by atoms with Gasteiger partial charge in [-0.3, -0.25) is 0 Å². The molecule has 0 atom stereocenters. The average Bonchev–Trinajstić information content (AvgIpc) is 2.88. The topological polar surface area (TPSA) is 77.8 Å². The minimum atomic E-state index is 0.626. The molecule has 0 fully saturated rings. The van der Waals surface area contributed by atoms with Gasteiger partial charge in [0, 0.05) is 18.2 Å². The van der Waals surface area contributed by atoms with Crippen molar-refractivity contribution in [1.29, 1.82) is 0 Å². The second-order valence-electron chi connectivity index (χ2n) is 3.49. The summed E-state index contributed by atoms with van der Waals surface area (Å²) in [4.78, 5) is 8.44. The van der Waals surface area contributed by atoms with Gasteiger partial charge in [0.1, 0.15) is 0 Å². The minimum Gasteiger partial charge on any atom is -0.375 e. The summed E-state index contributed by atoms with van der Waals surface area (Å²) in [5, 5.41) is 6.46. The zero-order valence-electron chi connectivity index (χ0n) is 9.14. The normalized spacial score (nSPS) is 10.8. The fourth-order valence-corrected chi connectivity index (χ4v) is 1.99. The number of nitrogens with zero attached hydrogens (tertiary/aromatic N) is 3. The first kappa shape index (κ1) is 11.1. The summed E-state index contributed by atoms with van der Waals surface area (Å²) in [6.45, 7) is 2.01. The lowest BCUT2D eigenvalue weighted by Crippen LogP contribution is -1.92. The molecule has 0 radical (unpaired) electrons. The molecule has 6 heteroatoms. The molecule has 86 valence electrons. The quantitative estimate of drug-likeness (QED) is 0.860. The summed E-state index contributed by atoms with van der Waals surface area (Å²) in [5.74, 6) is 1.48. The van der Waals surface area contributed by atoms with E-state index in [4.69, 9.17) is 10.3 Å². The van der Waals surface area contributed by atoms with E-state index in [1.165, 1.54) is 11.3 Å². The predicted molar refractivity (Wildman–Crippen MR) is 62.2 cm³/mol. The lowest BCUT2D eigenvalue weighted by Gasteiger charge is -1.93. The summed E-state index contributed by atoms with van der Waals surface area (Å²) >= 11 is 1.47. The van der Waals surface area contributed by atoms with Crippen LogP contribution in [0.25, 0.3) is 0 Å². The minimum absolute atomic E-state index is 0.626. The molecule has 2 rings (SSSR count). The van der Waals surface area contributed by atoms with Crippen molar-refractivity contribution in [2.24, 2.45) is 0 Å². The van der Waals surface area contributed by atoms with Crippen molar-refractivity contribution in [2.45, 2.75) is 32.6 Å². The Balaban J connectivity index is 1.79. The molecular formula is C10H14N4OS. The predicted octanol–water partition coefficient (Wildman–Crippen LogP) is 1.85. The molecule has 0 unspecified atom stereocenters. The van der Waals surface area contributed by atoms with Crippen molar-refractivity contribution < 1.29 is 4.52 Å². The fraction of sp³-hybridized carbons (Fsp3) is 0.500. The first-order valence-corrected chi connectivity index (χ1v) is 6.17. The van der Waals surface area contributed by atoms with Crippen LogP contribution in [0.1, 0.15) is 30.8 Å². The lowest BCUT2D eigenvalue weighted by atomic mass is 10.2. The van der Waals surface area contributed by atoms with Crippen LogP contribution in [0.5, 0.6) is 0 Å². The lowest BCUT2D eigenvalue weighted by molar-refractivity contribution is 0.370. The zero-order valence-corrected chi connectivity index (χ0v) is 9.96. The first-order chi connectivity index (χ1) is 7.78. The second-order valence-corrected chi connectivity index (χ2v) is 4.38. The van der Waals surface area contributed by atoms with Gasteiger partial charge in [0.25, 0.3) is 0 Å². The standard InChI is InChI=1S/C10H14N4OS/c1-2-8-13-9(15-14-8)5-3-4-7-6-16-10(11)12-7/h6H,2-5H2,1H3,(H2,11,12). The van der Waals surface area contributed by atoms with E-state index in [1.807, 2.05) is 12.3 Å². The summed E-state index contributed by atoms with van der Waals surface area (Å²) < 4.78 is 5.10. The van der Waals surface area contributed by atoms with Crippen LogP contribution in [0, 0.1) is 0 Å². The van der Waals surface area contributed by atoms with Gasteiger partial charge >= 0.3 is 0 Å². The Labute approximate surface area is 97.7 Å². The Hall–Kier alpha value is -1.43. The number of hydrogen-bond acceptors (Lipinski definition) is 6. The Morgan fingerprint density at radius 3 is 2.88 bits per heavy atom. The highest BCUT2D eigenvalue weighted by Gasteiger charge is 2.05. The molecule has 2 aromatic heterocycles. The maximum Gasteiger partial charge on any atom is 0.226 e. The number of anilines is 1. The van der Waals surface area contributed by atoms with Crippen LogP contribution in [0.4, 0.5) is 5.13 Å². The molecule has 0 saturated carbocycles. The van der Waals surface area contributed by atoms with Crippen molar-refractivity contribution in [3.63, 3.8) is 0 Å². The molecule has 0 amide bonds. The highest BCUT2D eigenvalue weighted by atomic mass is 32.1. The van der Waals surface area contributed by atoms with Gasteiger partial charge < -0.3 is 10.3 Å². The highest BCUT2D eigenvalue weighted by Crippen LogP contribution is 2.13. The van der Waals surface area contributed by atoms with Gasteiger partial charge in [-0.25, -0.2) is 4.98 Å². The van der Waals surface area contributed by atoms with Crippen LogP contribution < -0.4 is 5.73 Å². The smallest absolute Gasteiger partial charge is 0.226 e. The highest BCUT2D eigenvalue weighted by molar-refractivity contribution is 7.13. The SMILES string of the molecule is CCc1noc(CCCc2csc(N)n2)n1. The van der Waals surface area contributed by atoms with Crippen LogP contribution in [0.15, 0.2) is 9.90 Å². The molecule has 2 aromatic rings. The maximum atomic E-state index is 5.55. The van der Waals surface area contributed by atoms with Gasteiger partial charge in [-0.05, 0) is 12.8 Å². The van der Waals surface area contributed by atoms with Gasteiger partial charge in [-0.2, -0.15) is 4.98 Å². The van der Waals surface area contributed by atoms with E-state index >= 15 is 0 Å². The number of nitrogens with two attached hydrogens (primary N) is 1. The zero-order chi connectivity index (χ0) is 11.4. The number of thiazole rings is 1. The van der Waals surface area contributed by atoms with E-state index in [-0.39, 0.29) is 0 Å². The van der Waals surface area contributed by atoms with E-state index in [2.05, 4.69) is 15.1 Å². The van der Waals surface area contributed by atoms with Gasteiger partial charge in [0.15, 0.2) is 11.0 Å². The van der Waals surface area contributed by atoms with E-state index in [0.717, 1.165) is 37.2 Å². The monoisotopic (exact) mass is 238 g/mol. The van der Waals surface area contributed by atoms with E-state index in [9.17, 15) is 0 Å². The van der Waals surface area contributed by atoms with Crippen LogP contribution in [0.2, 0.25) is 0 Å². The molecule has 0 saturated heterocycles. The molecule has 16 heavy (non-hydrogen) atoms. The largest absolute Gasteiger partial charge is 0.375 e. The van der Waals surface area contributed by atoms with Gasteiger partial charge in [0.2, 0.25) is 5.89 Å². The van der Waals surface area contributed by atoms with Gasteiger partial charge in [-0.15, -0.1) is 11.3 Å². The number of aromatic nitrogens is 3. The number of aryl methyl sites for hydroxylation is 3. The third-order valence-corrected chi connectivity index (χ3v) is 2.94. The van der Waals surface area contributed by atoms with Crippen molar-refractivity contribution in [1.82, 2.24) is 15.1 Å². The van der Waals surface area contributed by atoms with Gasteiger partial charge in [0.05, 0.1) is 5.69 Å². The van der Waals surface area contributed by atoms with E-state index in [0.29, 0.717) is 11.0 Å². The Bertz CT molecular complexity index is 451. The molecule has 0 bridgehead atoms. The molecule has 5 nitrogen and oxygen atoms in total. The average molecular weight is 238 g/mol. The molecule has 2 N–H and O–H groups in total. The van der Waals surface area contributed by atoms with Crippen molar-refractivity contribution >= 4 is 16.5 Å². The number of nitrogen functional groups attached to an aromatic ring is 1. The molecule has 0 aliphatic carbocycles. The second kappa shape index (κ2) is 5.07. The van der Waals surface area contributed by atoms with Crippen molar-refractivity contribution in [3.05, 3.63) is 22.8 Å². The first-order valence-electron chi connectivity index (χ1n) is 5.29. The maximum absolute atomic E-state index is 5.55. The Morgan fingerprint density at radius 2 is 2.25 bits per heavy atom. The third kappa shape index (κ3) is 2.79. The summed E-state index contributed by atoms with van der Waals surface area (Å²) in [7, 11) is 0. The van der Waals surface area contributed by atoms with Crippen LogP contribution >= 0.6 is 11.3 Å². The van der Waals surface area contributed by atoms with Gasteiger partial charge in [-0.1, -0.05) is 12.1 Å². The Kier molecular flexibility index (Phi) is 3.51. The summed E-state index contributed by atoms with van der Waals surface area (Å²) in [6.07, 6.45) is 3.46. The van der Waals surface area contributed by atoms with Crippen LogP contribution in [-0.4, -0.2) is 15.1 Å². The number of hydrogen-bond donors (Lipinski definition) is 1. The third-order valence-electron chi connectivity index (χ3n) is 2.22. The van der Waals surface area contributed by atoms with Crippen LogP contribution in [-0.2, 0) is 19.3 Å². The molecular weight excluding hydrogens is 224 g/mol.